The van der Waals surface area contributed by atoms with E-state index >= 15 is 0 Å². The number of nitrogens with one attached hydrogen (secondary N) is 2. The van der Waals surface area contributed by atoms with Gasteiger partial charge in [0, 0.05) is 35.8 Å². The zero-order valence-corrected chi connectivity index (χ0v) is 15.2. The largest absolute Gasteiger partial charge is 0.361 e. The molecule has 136 valence electrons. The summed E-state index contributed by atoms with van der Waals surface area (Å²) < 4.78 is 0. The van der Waals surface area contributed by atoms with E-state index in [1.165, 1.54) is 27.6 Å². The van der Waals surface area contributed by atoms with E-state index in [1.807, 2.05) is 11.0 Å². The Morgan fingerprint density at radius 1 is 1.07 bits per heavy atom. The third kappa shape index (κ3) is 2.91. The molecule has 1 aliphatic carbocycles. The SMILES string of the molecule is O=C(NC1CCc2ccccc21)N1CC=C(c2c[nH]c3ccccc23)CC1. The second kappa shape index (κ2) is 6.62. The number of aromatic amines is 1. The van der Waals surface area contributed by atoms with Crippen molar-refractivity contribution in [2.45, 2.75) is 25.3 Å². The van der Waals surface area contributed by atoms with Crippen LogP contribution in [0.25, 0.3) is 16.5 Å². The first-order chi connectivity index (χ1) is 13.3. The van der Waals surface area contributed by atoms with E-state index in [2.05, 4.69) is 65.0 Å². The van der Waals surface area contributed by atoms with Crippen molar-refractivity contribution in [3.63, 3.8) is 0 Å². The van der Waals surface area contributed by atoms with Crippen LogP contribution in [0.1, 0.15) is 35.6 Å². The number of H-pyrrole nitrogens is 1. The fourth-order valence-corrected chi connectivity index (χ4v) is 4.38. The lowest BCUT2D eigenvalue weighted by Crippen LogP contribution is -2.43. The third-order valence-corrected chi connectivity index (χ3v) is 5.86. The van der Waals surface area contributed by atoms with E-state index < -0.39 is 0 Å². The highest BCUT2D eigenvalue weighted by molar-refractivity contribution is 5.93. The van der Waals surface area contributed by atoms with Crippen molar-refractivity contribution in [1.29, 1.82) is 0 Å². The predicted octanol–water partition coefficient (Wildman–Crippen LogP) is 4.65. The molecule has 4 heteroatoms. The molecule has 1 unspecified atom stereocenters. The summed E-state index contributed by atoms with van der Waals surface area (Å²) in [5, 5.41) is 4.49. The molecule has 2 heterocycles. The van der Waals surface area contributed by atoms with Crippen molar-refractivity contribution in [3.05, 3.63) is 77.5 Å². The van der Waals surface area contributed by atoms with Crippen molar-refractivity contribution in [2.75, 3.05) is 13.1 Å². The van der Waals surface area contributed by atoms with Crippen LogP contribution in [0.4, 0.5) is 4.79 Å². The van der Waals surface area contributed by atoms with Gasteiger partial charge in [-0.3, -0.25) is 0 Å². The van der Waals surface area contributed by atoms with Crippen molar-refractivity contribution in [2.24, 2.45) is 0 Å². The quantitative estimate of drug-likeness (QED) is 0.689. The van der Waals surface area contributed by atoms with Crippen LogP contribution in [-0.4, -0.2) is 29.0 Å². The minimum Gasteiger partial charge on any atom is -0.361 e. The molecule has 4 nitrogen and oxygen atoms in total. The van der Waals surface area contributed by atoms with Gasteiger partial charge in [-0.1, -0.05) is 48.5 Å². The molecule has 2 N–H and O–H groups in total. The summed E-state index contributed by atoms with van der Waals surface area (Å²) in [5.74, 6) is 0. The number of benzene rings is 2. The van der Waals surface area contributed by atoms with Gasteiger partial charge in [0.05, 0.1) is 6.04 Å². The first-order valence-corrected chi connectivity index (χ1v) is 9.68. The number of amides is 2. The van der Waals surface area contributed by atoms with Crippen LogP contribution in [0.3, 0.4) is 0 Å². The molecule has 0 fully saturated rings. The molecule has 27 heavy (non-hydrogen) atoms. The Morgan fingerprint density at radius 2 is 1.93 bits per heavy atom. The first-order valence-electron chi connectivity index (χ1n) is 9.68. The van der Waals surface area contributed by atoms with E-state index in [0.717, 1.165) is 31.3 Å². The van der Waals surface area contributed by atoms with Gasteiger partial charge in [0.15, 0.2) is 0 Å². The molecule has 1 aromatic heterocycles. The number of para-hydroxylation sites is 1. The zero-order valence-electron chi connectivity index (χ0n) is 15.2. The number of carbonyl (C=O) groups is 1. The molecule has 0 saturated heterocycles. The average molecular weight is 357 g/mol. The van der Waals surface area contributed by atoms with Gasteiger partial charge < -0.3 is 15.2 Å². The smallest absolute Gasteiger partial charge is 0.318 e. The summed E-state index contributed by atoms with van der Waals surface area (Å²) in [5.41, 5.74) is 6.38. The normalized spacial score (nSPS) is 19.0. The average Bonchev–Trinajstić information content (AvgIpc) is 3.33. The summed E-state index contributed by atoms with van der Waals surface area (Å²) >= 11 is 0. The molecule has 3 aromatic rings. The summed E-state index contributed by atoms with van der Waals surface area (Å²) in [6.45, 7) is 1.42. The van der Waals surface area contributed by atoms with Crippen molar-refractivity contribution in [3.8, 4) is 0 Å². The van der Waals surface area contributed by atoms with Crippen molar-refractivity contribution < 1.29 is 4.79 Å². The van der Waals surface area contributed by atoms with E-state index in [4.69, 9.17) is 0 Å². The monoisotopic (exact) mass is 357 g/mol. The molecule has 0 saturated carbocycles. The summed E-state index contributed by atoms with van der Waals surface area (Å²) in [4.78, 5) is 18.0. The lowest BCUT2D eigenvalue weighted by Gasteiger charge is -2.28. The molecule has 2 amide bonds. The molecule has 0 spiro atoms. The van der Waals surface area contributed by atoms with E-state index in [1.54, 1.807) is 0 Å². The topological polar surface area (TPSA) is 48.1 Å². The molecular weight excluding hydrogens is 334 g/mol. The lowest BCUT2D eigenvalue weighted by atomic mass is 9.99. The maximum atomic E-state index is 12.7. The zero-order chi connectivity index (χ0) is 18.2. The van der Waals surface area contributed by atoms with Crippen LogP contribution >= 0.6 is 0 Å². The molecule has 0 bridgehead atoms. The number of fused-ring (bicyclic) bond motifs is 2. The van der Waals surface area contributed by atoms with Gasteiger partial charge in [-0.2, -0.15) is 0 Å². The number of carbonyl (C=O) groups excluding carboxylic acids is 1. The van der Waals surface area contributed by atoms with Crippen molar-refractivity contribution >= 4 is 22.5 Å². The van der Waals surface area contributed by atoms with Gasteiger partial charge in [-0.15, -0.1) is 0 Å². The predicted molar refractivity (Wildman–Crippen MR) is 109 cm³/mol. The van der Waals surface area contributed by atoms with Gasteiger partial charge in [0.25, 0.3) is 0 Å². The van der Waals surface area contributed by atoms with Crippen LogP contribution < -0.4 is 5.32 Å². The second-order valence-electron chi connectivity index (χ2n) is 7.41. The molecule has 1 aliphatic heterocycles. The minimum absolute atomic E-state index is 0.0472. The number of aryl methyl sites for hydroxylation is 1. The first kappa shape index (κ1) is 16.2. The minimum atomic E-state index is 0.0472. The fraction of sp³-hybridized carbons (Fsp3) is 0.261. The number of urea groups is 1. The van der Waals surface area contributed by atoms with E-state index in [9.17, 15) is 4.79 Å². The maximum Gasteiger partial charge on any atom is 0.318 e. The van der Waals surface area contributed by atoms with Crippen molar-refractivity contribution in [1.82, 2.24) is 15.2 Å². The summed E-state index contributed by atoms with van der Waals surface area (Å²) in [6.07, 6.45) is 7.21. The number of rotatable bonds is 2. The van der Waals surface area contributed by atoms with Crippen LogP contribution in [0.5, 0.6) is 0 Å². The summed E-state index contributed by atoms with van der Waals surface area (Å²) in [6, 6.07) is 17.0. The standard InChI is InChI=1S/C23H23N3O/c27-23(25-22-10-9-16-5-1-2-6-18(16)22)26-13-11-17(12-14-26)20-15-24-21-8-4-3-7-19(20)21/h1-8,11,15,22,24H,9-10,12-14H2,(H,25,27). The van der Waals surface area contributed by atoms with Gasteiger partial charge in [-0.25, -0.2) is 4.79 Å². The fourth-order valence-electron chi connectivity index (χ4n) is 4.38. The lowest BCUT2D eigenvalue weighted by molar-refractivity contribution is 0.199. The van der Waals surface area contributed by atoms with Crippen LogP contribution in [0.2, 0.25) is 0 Å². The molecule has 2 aromatic carbocycles. The third-order valence-electron chi connectivity index (χ3n) is 5.86. The number of aromatic nitrogens is 1. The number of hydrogen-bond acceptors (Lipinski definition) is 1. The molecule has 1 atom stereocenters. The van der Waals surface area contributed by atoms with E-state index in [-0.39, 0.29) is 12.1 Å². The Morgan fingerprint density at radius 3 is 2.81 bits per heavy atom. The Labute approximate surface area is 158 Å². The molecule has 0 radical (unpaired) electrons. The maximum absolute atomic E-state index is 12.7. The van der Waals surface area contributed by atoms with Crippen LogP contribution in [0.15, 0.2) is 60.8 Å². The number of nitrogens with zero attached hydrogens (tertiary/aromatic N) is 1. The highest BCUT2D eigenvalue weighted by Gasteiger charge is 2.26. The second-order valence-corrected chi connectivity index (χ2v) is 7.41. The molecule has 5 rings (SSSR count). The Bertz CT molecular complexity index is 1030. The Balaban J connectivity index is 1.28. The van der Waals surface area contributed by atoms with Gasteiger partial charge in [0.2, 0.25) is 0 Å². The van der Waals surface area contributed by atoms with Crippen LogP contribution in [0, 0.1) is 0 Å². The van der Waals surface area contributed by atoms with Gasteiger partial charge >= 0.3 is 6.03 Å². The highest BCUT2D eigenvalue weighted by Crippen LogP contribution is 2.32. The van der Waals surface area contributed by atoms with Crippen LogP contribution in [-0.2, 0) is 6.42 Å². The number of hydrogen-bond donors (Lipinski definition) is 2. The molecule has 2 aliphatic rings. The van der Waals surface area contributed by atoms with E-state index in [0.29, 0.717) is 6.54 Å². The Kier molecular flexibility index (Phi) is 3.97. The highest BCUT2D eigenvalue weighted by atomic mass is 16.2. The van der Waals surface area contributed by atoms with Gasteiger partial charge in [0.1, 0.15) is 0 Å². The molecular formula is C23H23N3O. The van der Waals surface area contributed by atoms with Gasteiger partial charge in [-0.05, 0) is 42.0 Å². The summed E-state index contributed by atoms with van der Waals surface area (Å²) in [7, 11) is 0. The Hall–Kier alpha value is -3.01.